The van der Waals surface area contributed by atoms with Gasteiger partial charge in [-0.1, -0.05) is 32.9 Å². The minimum absolute atomic E-state index is 0. The number of fused-ring (bicyclic) bond motifs is 5. The van der Waals surface area contributed by atoms with Gasteiger partial charge in [0, 0.05) is 26.7 Å². The molecular weight excluding hydrogens is 431 g/mol. The van der Waals surface area contributed by atoms with Crippen molar-refractivity contribution in [1.82, 2.24) is 15.5 Å². The van der Waals surface area contributed by atoms with Gasteiger partial charge in [0.25, 0.3) is 0 Å². The molecule has 25 heavy (non-hydrogen) atoms. The number of halogens is 1. The van der Waals surface area contributed by atoms with Crippen LogP contribution >= 0.6 is 24.0 Å². The number of hydrogen-bond donors (Lipinski definition) is 2. The molecule has 140 valence electrons. The summed E-state index contributed by atoms with van der Waals surface area (Å²) in [6.07, 6.45) is 5.22. The molecule has 1 aliphatic heterocycles. The second-order valence-electron chi connectivity index (χ2n) is 8.24. The van der Waals surface area contributed by atoms with Crippen molar-refractivity contribution in [2.24, 2.45) is 34.1 Å². The van der Waals surface area contributed by atoms with Gasteiger partial charge in [-0.25, -0.2) is 0 Å². The lowest BCUT2D eigenvalue weighted by molar-refractivity contribution is -0.140. The smallest absolute Gasteiger partial charge is 0.233 e. The number of likely N-dealkylation sites (tertiary alicyclic amines) is 1. The zero-order chi connectivity index (χ0) is 17.5. The predicted octanol–water partition coefficient (Wildman–Crippen LogP) is 1.62. The highest BCUT2D eigenvalue weighted by Crippen LogP contribution is 2.52. The molecule has 2 aliphatic carbocycles. The van der Waals surface area contributed by atoms with Crippen molar-refractivity contribution in [1.29, 1.82) is 0 Å². The van der Waals surface area contributed by atoms with E-state index in [1.165, 1.54) is 4.90 Å². The number of aliphatic imine (C=N–C) groups is 1. The van der Waals surface area contributed by atoms with Gasteiger partial charge in [-0.05, 0) is 23.7 Å². The molecule has 1 saturated carbocycles. The highest BCUT2D eigenvalue weighted by atomic mass is 127. The molecule has 7 heteroatoms. The van der Waals surface area contributed by atoms with E-state index < -0.39 is 0 Å². The third kappa shape index (κ3) is 4.01. The van der Waals surface area contributed by atoms with Crippen LogP contribution in [0.3, 0.4) is 0 Å². The topological polar surface area (TPSA) is 73.8 Å². The summed E-state index contributed by atoms with van der Waals surface area (Å²) in [4.78, 5) is 30.8. The molecular formula is C18H29IN4O2. The van der Waals surface area contributed by atoms with Crippen molar-refractivity contribution in [2.75, 3.05) is 26.7 Å². The summed E-state index contributed by atoms with van der Waals surface area (Å²) in [5.74, 6) is 1.07. The van der Waals surface area contributed by atoms with Crippen LogP contribution in [0, 0.1) is 29.1 Å². The molecule has 2 amide bonds. The second kappa shape index (κ2) is 7.63. The van der Waals surface area contributed by atoms with Crippen LogP contribution in [0.5, 0.6) is 0 Å². The molecule has 1 saturated heterocycles. The van der Waals surface area contributed by atoms with E-state index >= 15 is 0 Å². The first-order chi connectivity index (χ1) is 11.3. The quantitative estimate of drug-likeness (QED) is 0.220. The van der Waals surface area contributed by atoms with E-state index in [0.717, 1.165) is 13.0 Å². The summed E-state index contributed by atoms with van der Waals surface area (Å²) in [6.45, 7) is 8.17. The van der Waals surface area contributed by atoms with Gasteiger partial charge >= 0.3 is 0 Å². The Kier molecular flexibility index (Phi) is 6.17. The first-order valence-corrected chi connectivity index (χ1v) is 8.80. The van der Waals surface area contributed by atoms with Gasteiger partial charge < -0.3 is 10.6 Å². The van der Waals surface area contributed by atoms with Crippen molar-refractivity contribution in [3.05, 3.63) is 12.2 Å². The number of carbonyl (C=O) groups excluding carboxylic acids is 2. The molecule has 3 rings (SSSR count). The molecule has 4 atom stereocenters. The van der Waals surface area contributed by atoms with Crippen LogP contribution in [0.25, 0.3) is 0 Å². The second-order valence-corrected chi connectivity index (χ2v) is 8.24. The van der Waals surface area contributed by atoms with Gasteiger partial charge in [0.15, 0.2) is 5.96 Å². The average Bonchev–Trinajstić information content (AvgIpc) is 3.18. The fourth-order valence-corrected chi connectivity index (χ4v) is 4.04. The first-order valence-electron chi connectivity index (χ1n) is 8.80. The van der Waals surface area contributed by atoms with Crippen LogP contribution in [0.1, 0.15) is 27.2 Å². The maximum atomic E-state index is 12.6. The monoisotopic (exact) mass is 460 g/mol. The van der Waals surface area contributed by atoms with E-state index in [2.05, 4.69) is 48.5 Å². The maximum absolute atomic E-state index is 12.6. The number of allylic oxidation sites excluding steroid dienone is 2. The summed E-state index contributed by atoms with van der Waals surface area (Å²) >= 11 is 0. The number of guanidine groups is 1. The molecule has 2 fully saturated rings. The Balaban J connectivity index is 0.00000225. The number of carbonyl (C=O) groups is 2. The summed E-state index contributed by atoms with van der Waals surface area (Å²) < 4.78 is 0. The maximum Gasteiger partial charge on any atom is 0.233 e. The van der Waals surface area contributed by atoms with E-state index in [0.29, 0.717) is 19.0 Å². The molecule has 0 radical (unpaired) electrons. The molecule has 4 unspecified atom stereocenters. The summed E-state index contributed by atoms with van der Waals surface area (Å²) in [6, 6.07) is 0. The van der Waals surface area contributed by atoms with Gasteiger partial charge in [0.2, 0.25) is 11.8 Å². The minimum Gasteiger partial charge on any atom is -0.356 e. The fourth-order valence-electron chi connectivity index (χ4n) is 4.04. The normalized spacial score (nSPS) is 30.6. The molecule has 0 aromatic heterocycles. The molecule has 0 spiro atoms. The van der Waals surface area contributed by atoms with Gasteiger partial charge in [-0.2, -0.15) is 0 Å². The Bertz CT molecular complexity index is 566. The van der Waals surface area contributed by atoms with Crippen molar-refractivity contribution >= 4 is 41.8 Å². The highest BCUT2D eigenvalue weighted by molar-refractivity contribution is 14.0. The Labute approximate surface area is 166 Å². The largest absolute Gasteiger partial charge is 0.356 e. The third-order valence-corrected chi connectivity index (χ3v) is 5.20. The van der Waals surface area contributed by atoms with E-state index in [-0.39, 0.29) is 64.9 Å². The van der Waals surface area contributed by atoms with E-state index in [4.69, 9.17) is 0 Å². The summed E-state index contributed by atoms with van der Waals surface area (Å²) in [5, 5.41) is 6.45. The van der Waals surface area contributed by atoms with Crippen LogP contribution in [0.15, 0.2) is 17.1 Å². The van der Waals surface area contributed by atoms with Crippen molar-refractivity contribution in [3.63, 3.8) is 0 Å². The summed E-state index contributed by atoms with van der Waals surface area (Å²) in [7, 11) is 1.72. The lowest BCUT2D eigenvalue weighted by Crippen LogP contribution is -2.45. The van der Waals surface area contributed by atoms with Crippen LogP contribution < -0.4 is 10.6 Å². The van der Waals surface area contributed by atoms with E-state index in [9.17, 15) is 9.59 Å². The Morgan fingerprint density at radius 2 is 1.72 bits per heavy atom. The van der Waals surface area contributed by atoms with E-state index in [1.54, 1.807) is 7.05 Å². The zero-order valence-electron chi connectivity index (χ0n) is 15.4. The van der Waals surface area contributed by atoms with Crippen molar-refractivity contribution in [3.8, 4) is 0 Å². The average molecular weight is 460 g/mol. The number of imide groups is 1. The molecule has 1 heterocycles. The number of nitrogens with zero attached hydrogens (tertiary/aromatic N) is 2. The van der Waals surface area contributed by atoms with Crippen molar-refractivity contribution in [2.45, 2.75) is 27.2 Å². The standard InChI is InChI=1S/C18H28N4O2.HI/c1-18(2,3)10-21-17(19-4)20-7-8-22-15(23)13-11-5-6-12(9-11)14(13)16(22)24;/h5-6,11-14H,7-10H2,1-4H3,(H2,19,20,21);1H. The van der Waals surface area contributed by atoms with Gasteiger partial charge in [-0.15, -0.1) is 24.0 Å². The molecule has 0 aromatic carbocycles. The van der Waals surface area contributed by atoms with Crippen molar-refractivity contribution < 1.29 is 9.59 Å². The molecule has 6 nitrogen and oxygen atoms in total. The minimum atomic E-state index is -0.106. The van der Waals surface area contributed by atoms with Gasteiger partial charge in [0.05, 0.1) is 11.8 Å². The molecule has 0 aromatic rings. The predicted molar refractivity (Wildman–Crippen MR) is 109 cm³/mol. The first kappa shape index (κ1) is 20.2. The van der Waals surface area contributed by atoms with Crippen LogP contribution in [0.2, 0.25) is 0 Å². The van der Waals surface area contributed by atoms with Gasteiger partial charge in [-0.3, -0.25) is 19.5 Å². The third-order valence-electron chi connectivity index (χ3n) is 5.20. The van der Waals surface area contributed by atoms with E-state index in [1.807, 2.05) is 0 Å². The van der Waals surface area contributed by atoms with Crippen LogP contribution in [-0.2, 0) is 9.59 Å². The lowest BCUT2D eigenvalue weighted by Gasteiger charge is -2.22. The molecule has 3 aliphatic rings. The Morgan fingerprint density at radius 1 is 1.16 bits per heavy atom. The number of amides is 2. The summed E-state index contributed by atoms with van der Waals surface area (Å²) in [5.41, 5.74) is 0.155. The number of rotatable bonds is 4. The number of nitrogens with one attached hydrogen (secondary N) is 2. The highest BCUT2D eigenvalue weighted by Gasteiger charge is 2.58. The molecule has 2 N–H and O–H groups in total. The van der Waals surface area contributed by atoms with Crippen LogP contribution in [0.4, 0.5) is 0 Å². The Hall–Kier alpha value is -1.12. The van der Waals surface area contributed by atoms with Gasteiger partial charge in [0.1, 0.15) is 0 Å². The molecule has 2 bridgehead atoms. The number of hydrogen-bond acceptors (Lipinski definition) is 3. The Morgan fingerprint density at radius 3 is 2.20 bits per heavy atom. The fraction of sp³-hybridized carbons (Fsp3) is 0.722. The zero-order valence-corrected chi connectivity index (χ0v) is 17.7. The SMILES string of the molecule is CN=C(NCCN1C(=O)C2C3C=CC(C3)C2C1=O)NCC(C)(C)C.I. The van der Waals surface area contributed by atoms with Crippen LogP contribution in [-0.4, -0.2) is 49.4 Å². The lowest BCUT2D eigenvalue weighted by atomic mass is 9.85.